The molecule has 1 amide bonds. The highest BCUT2D eigenvalue weighted by Crippen LogP contribution is 2.26. The van der Waals surface area contributed by atoms with Crippen molar-refractivity contribution in [2.75, 3.05) is 11.9 Å². The minimum Gasteiger partial charge on any atom is -0.372 e. The molecule has 1 aliphatic rings. The number of anilines is 1. The van der Waals surface area contributed by atoms with E-state index >= 15 is 0 Å². The molecule has 132 valence electrons. The Bertz CT molecular complexity index is 762. The van der Waals surface area contributed by atoms with Crippen LogP contribution in [0.15, 0.2) is 40.9 Å². The first kappa shape index (κ1) is 18.3. The Hall–Kier alpha value is -1.54. The van der Waals surface area contributed by atoms with Crippen LogP contribution in [0.5, 0.6) is 0 Å². The summed E-state index contributed by atoms with van der Waals surface area (Å²) in [5.41, 5.74) is 0.378. The van der Waals surface area contributed by atoms with Crippen LogP contribution < -0.4 is 10.6 Å². The van der Waals surface area contributed by atoms with E-state index in [9.17, 15) is 4.79 Å². The molecule has 25 heavy (non-hydrogen) atoms. The summed E-state index contributed by atoms with van der Waals surface area (Å²) in [5, 5.41) is 13.9. The van der Waals surface area contributed by atoms with Crippen LogP contribution in [0.1, 0.15) is 18.9 Å². The van der Waals surface area contributed by atoms with Gasteiger partial charge in [0.2, 0.25) is 5.91 Å². The van der Waals surface area contributed by atoms with Crippen molar-refractivity contribution >= 4 is 39.3 Å². The second-order valence-electron chi connectivity index (χ2n) is 6.15. The predicted molar refractivity (Wildman–Crippen MR) is 99.4 cm³/mol. The maximum atomic E-state index is 12.6. The van der Waals surface area contributed by atoms with Gasteiger partial charge < -0.3 is 15.4 Å². The maximum Gasteiger partial charge on any atom is 0.245 e. The number of hydrogen-bond acceptors (Lipinski definition) is 5. The molecule has 2 heterocycles. The summed E-state index contributed by atoms with van der Waals surface area (Å²) in [6, 6.07) is 11.6. The number of ether oxygens (including phenoxy) is 1. The van der Waals surface area contributed by atoms with Gasteiger partial charge in [0.1, 0.15) is 0 Å². The van der Waals surface area contributed by atoms with Crippen LogP contribution >= 0.6 is 27.5 Å². The van der Waals surface area contributed by atoms with Gasteiger partial charge in [-0.15, -0.1) is 10.2 Å². The van der Waals surface area contributed by atoms with E-state index in [1.807, 2.05) is 37.3 Å². The van der Waals surface area contributed by atoms with E-state index < -0.39 is 5.54 Å². The first-order chi connectivity index (χ1) is 12.0. The van der Waals surface area contributed by atoms with Crippen LogP contribution in [-0.2, 0) is 16.1 Å². The average molecular weight is 426 g/mol. The van der Waals surface area contributed by atoms with E-state index in [0.717, 1.165) is 5.56 Å². The molecule has 0 spiro atoms. The standard InChI is InChI=1S/C17H18BrClN4O2/c1-17(16(24)21-15-13(18)7-14(19)22-23-15)8-12(9-20-17)25-10-11-5-3-2-4-6-11/h2-7,12,20H,8-10H2,1H3,(H,21,23,24)/t12-,17-/m1/s1. The third-order valence-electron chi connectivity index (χ3n) is 4.14. The van der Waals surface area contributed by atoms with Crippen molar-refractivity contribution < 1.29 is 9.53 Å². The molecule has 0 bridgehead atoms. The van der Waals surface area contributed by atoms with E-state index in [4.69, 9.17) is 16.3 Å². The van der Waals surface area contributed by atoms with Gasteiger partial charge >= 0.3 is 0 Å². The zero-order valence-electron chi connectivity index (χ0n) is 13.6. The van der Waals surface area contributed by atoms with Gasteiger partial charge in [-0.2, -0.15) is 0 Å². The van der Waals surface area contributed by atoms with Gasteiger partial charge in [-0.25, -0.2) is 0 Å². The summed E-state index contributed by atoms with van der Waals surface area (Å²) in [5.74, 6) is 0.154. The van der Waals surface area contributed by atoms with Gasteiger partial charge in [0.05, 0.1) is 22.7 Å². The molecular formula is C17H18BrClN4O2. The number of hydrogen-bond donors (Lipinski definition) is 2. The lowest BCUT2D eigenvalue weighted by Gasteiger charge is -2.23. The normalized spacial score (nSPS) is 22.8. The Labute approximate surface area is 159 Å². The summed E-state index contributed by atoms with van der Waals surface area (Å²) in [6.07, 6.45) is 0.542. The Kier molecular flexibility index (Phi) is 5.68. The zero-order chi connectivity index (χ0) is 17.9. The van der Waals surface area contributed by atoms with Gasteiger partial charge in [-0.3, -0.25) is 4.79 Å². The fourth-order valence-electron chi connectivity index (χ4n) is 2.70. The van der Waals surface area contributed by atoms with Crippen LogP contribution in [0.25, 0.3) is 0 Å². The Morgan fingerprint density at radius 1 is 1.44 bits per heavy atom. The minimum atomic E-state index is -0.734. The predicted octanol–water partition coefficient (Wildman–Crippen LogP) is 3.17. The van der Waals surface area contributed by atoms with Crippen molar-refractivity contribution in [2.45, 2.75) is 31.6 Å². The molecule has 2 aromatic rings. The van der Waals surface area contributed by atoms with E-state index in [2.05, 4.69) is 36.8 Å². The van der Waals surface area contributed by atoms with Crippen molar-refractivity contribution in [3.8, 4) is 0 Å². The first-order valence-corrected chi connectivity index (χ1v) is 9.04. The Morgan fingerprint density at radius 3 is 2.92 bits per heavy atom. The molecule has 0 saturated carbocycles. The minimum absolute atomic E-state index is 0.0318. The highest BCUT2D eigenvalue weighted by atomic mass is 79.9. The molecule has 0 unspecified atom stereocenters. The Morgan fingerprint density at radius 2 is 2.20 bits per heavy atom. The zero-order valence-corrected chi connectivity index (χ0v) is 16.0. The van der Waals surface area contributed by atoms with Crippen LogP contribution in [0.3, 0.4) is 0 Å². The smallest absolute Gasteiger partial charge is 0.245 e. The SMILES string of the molecule is C[C@]1(C(=O)Nc2nnc(Cl)cc2Br)C[C@@H](OCc2ccccc2)CN1. The van der Waals surface area contributed by atoms with Crippen LogP contribution in [0.2, 0.25) is 5.15 Å². The summed E-state index contributed by atoms with van der Waals surface area (Å²) in [4.78, 5) is 12.6. The number of nitrogens with zero attached hydrogens (tertiary/aromatic N) is 2. The quantitative estimate of drug-likeness (QED) is 0.769. The van der Waals surface area contributed by atoms with E-state index in [1.54, 1.807) is 6.07 Å². The fraction of sp³-hybridized carbons (Fsp3) is 0.353. The number of carbonyl (C=O) groups excluding carboxylic acids is 1. The number of nitrogens with one attached hydrogen (secondary N) is 2. The van der Waals surface area contributed by atoms with Gasteiger partial charge in [-0.1, -0.05) is 41.9 Å². The lowest BCUT2D eigenvalue weighted by Crippen LogP contribution is -2.48. The van der Waals surface area contributed by atoms with Crippen LogP contribution in [0, 0.1) is 0 Å². The monoisotopic (exact) mass is 424 g/mol. The second kappa shape index (κ2) is 7.78. The van der Waals surface area contributed by atoms with Crippen molar-refractivity contribution in [2.24, 2.45) is 0 Å². The third kappa shape index (κ3) is 4.55. The molecule has 1 aromatic carbocycles. The number of amides is 1. The third-order valence-corrected chi connectivity index (χ3v) is 4.92. The molecule has 0 aliphatic carbocycles. The molecular weight excluding hydrogens is 408 g/mol. The van der Waals surface area contributed by atoms with Gasteiger partial charge in [-0.05, 0) is 34.5 Å². The molecule has 2 N–H and O–H groups in total. The van der Waals surface area contributed by atoms with Crippen LogP contribution in [0.4, 0.5) is 5.82 Å². The van der Waals surface area contributed by atoms with Crippen molar-refractivity contribution in [1.82, 2.24) is 15.5 Å². The molecule has 0 radical (unpaired) electrons. The van der Waals surface area contributed by atoms with Gasteiger partial charge in [0, 0.05) is 13.0 Å². The number of carbonyl (C=O) groups is 1. The molecule has 3 rings (SSSR count). The van der Waals surface area contributed by atoms with E-state index in [0.29, 0.717) is 29.9 Å². The Balaban J connectivity index is 1.57. The molecule has 2 atom stereocenters. The number of rotatable bonds is 5. The van der Waals surface area contributed by atoms with Crippen molar-refractivity contribution in [3.05, 3.63) is 51.6 Å². The lowest BCUT2D eigenvalue weighted by atomic mass is 9.98. The molecule has 1 aromatic heterocycles. The van der Waals surface area contributed by atoms with Gasteiger partial charge in [0.25, 0.3) is 0 Å². The van der Waals surface area contributed by atoms with Gasteiger partial charge in [0.15, 0.2) is 11.0 Å². The van der Waals surface area contributed by atoms with Crippen LogP contribution in [-0.4, -0.2) is 34.3 Å². The lowest BCUT2D eigenvalue weighted by molar-refractivity contribution is -0.121. The number of aromatic nitrogens is 2. The van der Waals surface area contributed by atoms with E-state index in [-0.39, 0.29) is 17.2 Å². The van der Waals surface area contributed by atoms with Crippen molar-refractivity contribution in [3.63, 3.8) is 0 Å². The van der Waals surface area contributed by atoms with E-state index in [1.165, 1.54) is 0 Å². The average Bonchev–Trinajstić information content (AvgIpc) is 2.99. The molecule has 8 heteroatoms. The molecule has 1 fully saturated rings. The van der Waals surface area contributed by atoms with Crippen molar-refractivity contribution in [1.29, 1.82) is 0 Å². The number of halogens is 2. The first-order valence-electron chi connectivity index (χ1n) is 7.87. The molecule has 6 nitrogen and oxygen atoms in total. The topological polar surface area (TPSA) is 76.1 Å². The largest absolute Gasteiger partial charge is 0.372 e. The summed E-state index contributed by atoms with van der Waals surface area (Å²) in [6.45, 7) is 2.99. The highest BCUT2D eigenvalue weighted by molar-refractivity contribution is 9.10. The summed E-state index contributed by atoms with van der Waals surface area (Å²) < 4.78 is 6.51. The second-order valence-corrected chi connectivity index (χ2v) is 7.40. The summed E-state index contributed by atoms with van der Waals surface area (Å²) in [7, 11) is 0. The molecule has 1 saturated heterocycles. The highest BCUT2D eigenvalue weighted by Gasteiger charge is 2.41. The number of benzene rings is 1. The maximum absolute atomic E-state index is 12.6. The summed E-state index contributed by atoms with van der Waals surface area (Å²) >= 11 is 9.08. The molecule has 1 aliphatic heterocycles. The fourth-order valence-corrected chi connectivity index (χ4v) is 3.37.